The summed E-state index contributed by atoms with van der Waals surface area (Å²) in [5.74, 6) is 0.282. The van der Waals surface area contributed by atoms with E-state index in [1.165, 1.54) is 0 Å². The molecule has 0 aromatic carbocycles. The quantitative estimate of drug-likeness (QED) is 0.771. The van der Waals surface area contributed by atoms with E-state index in [-0.39, 0.29) is 16.5 Å². The molecule has 0 saturated heterocycles. The van der Waals surface area contributed by atoms with Crippen LogP contribution in [-0.4, -0.2) is 29.5 Å². The Morgan fingerprint density at radius 3 is 2.80 bits per heavy atom. The van der Waals surface area contributed by atoms with Crippen LogP contribution < -0.4 is 5.73 Å². The van der Waals surface area contributed by atoms with Gasteiger partial charge in [0.15, 0.2) is 9.84 Å². The zero-order chi connectivity index (χ0) is 11.5. The maximum Gasteiger partial charge on any atom is 0.151 e. The highest BCUT2D eigenvalue weighted by Gasteiger charge is 2.09. The van der Waals surface area contributed by atoms with Gasteiger partial charge in [0, 0.05) is 18.5 Å². The van der Waals surface area contributed by atoms with E-state index < -0.39 is 9.84 Å². The van der Waals surface area contributed by atoms with Gasteiger partial charge in [0.25, 0.3) is 0 Å². The second kappa shape index (κ2) is 4.76. The highest BCUT2D eigenvalue weighted by atomic mass is 32.2. The minimum atomic E-state index is -2.94. The van der Waals surface area contributed by atoms with E-state index in [1.54, 1.807) is 29.8 Å². The van der Waals surface area contributed by atoms with Crippen LogP contribution in [0.1, 0.15) is 12.6 Å². The number of nitrogens with two attached hydrogens (primary N) is 1. The normalized spacial score (nSPS) is 11.5. The van der Waals surface area contributed by atoms with E-state index in [9.17, 15) is 8.42 Å². The lowest BCUT2D eigenvalue weighted by Crippen LogP contribution is -2.19. The summed E-state index contributed by atoms with van der Waals surface area (Å²) in [5, 5.41) is 0. The van der Waals surface area contributed by atoms with Crippen molar-refractivity contribution in [1.29, 1.82) is 0 Å². The van der Waals surface area contributed by atoms with Crippen LogP contribution in [0.3, 0.4) is 0 Å². The molecule has 1 aromatic rings. The summed E-state index contributed by atoms with van der Waals surface area (Å²) in [4.78, 5) is 0.286. The topological polar surface area (TPSA) is 65.1 Å². The van der Waals surface area contributed by atoms with Gasteiger partial charge < -0.3 is 10.3 Å². The Kier molecular flexibility index (Phi) is 3.87. The molecule has 0 spiro atoms. The fraction of sp³-hybridized carbons (Fsp3) is 0.444. The monoisotopic (exact) mass is 246 g/mol. The number of nitrogens with zero attached hydrogens (tertiary/aromatic N) is 1. The lowest BCUT2D eigenvalue weighted by Gasteiger charge is -2.07. The minimum absolute atomic E-state index is 0.119. The lowest BCUT2D eigenvalue weighted by atomic mass is 10.4. The first-order chi connectivity index (χ1) is 6.96. The Labute approximate surface area is 95.0 Å². The van der Waals surface area contributed by atoms with Gasteiger partial charge in [-0.1, -0.05) is 19.1 Å². The first kappa shape index (κ1) is 12.2. The van der Waals surface area contributed by atoms with Crippen molar-refractivity contribution in [2.45, 2.75) is 13.5 Å². The van der Waals surface area contributed by atoms with Crippen molar-refractivity contribution >= 4 is 27.0 Å². The second-order valence-electron chi connectivity index (χ2n) is 3.19. The summed E-state index contributed by atoms with van der Waals surface area (Å²) in [6.45, 7) is 2.04. The van der Waals surface area contributed by atoms with Crippen LogP contribution >= 0.6 is 12.2 Å². The van der Waals surface area contributed by atoms with E-state index >= 15 is 0 Å². The van der Waals surface area contributed by atoms with Crippen LogP contribution in [0, 0.1) is 0 Å². The molecule has 0 amide bonds. The molecule has 0 radical (unpaired) electrons. The Balaban J connectivity index is 2.74. The molecule has 0 aliphatic heterocycles. The largest absolute Gasteiger partial charge is 0.388 e. The number of aromatic nitrogens is 1. The zero-order valence-corrected chi connectivity index (χ0v) is 10.1. The van der Waals surface area contributed by atoms with Crippen molar-refractivity contribution in [3.8, 4) is 0 Å². The smallest absolute Gasteiger partial charge is 0.151 e. The van der Waals surface area contributed by atoms with Gasteiger partial charge >= 0.3 is 0 Å². The molecule has 2 N–H and O–H groups in total. The molecule has 0 atom stereocenters. The zero-order valence-electron chi connectivity index (χ0n) is 8.51. The number of aryl methyl sites for hydroxylation is 1. The first-order valence-corrected chi connectivity index (χ1v) is 6.84. The van der Waals surface area contributed by atoms with Crippen LogP contribution in [0.25, 0.3) is 0 Å². The van der Waals surface area contributed by atoms with Gasteiger partial charge in [-0.15, -0.1) is 0 Å². The molecule has 0 saturated carbocycles. The molecule has 15 heavy (non-hydrogen) atoms. The number of rotatable bonds is 5. The van der Waals surface area contributed by atoms with Crippen molar-refractivity contribution in [3.63, 3.8) is 0 Å². The molecule has 0 fully saturated rings. The average molecular weight is 246 g/mol. The van der Waals surface area contributed by atoms with Gasteiger partial charge in [-0.25, -0.2) is 8.42 Å². The van der Waals surface area contributed by atoms with Crippen molar-refractivity contribution in [2.24, 2.45) is 5.73 Å². The van der Waals surface area contributed by atoms with E-state index in [2.05, 4.69) is 0 Å². The fourth-order valence-electron chi connectivity index (χ4n) is 1.21. The maximum absolute atomic E-state index is 11.3. The van der Waals surface area contributed by atoms with E-state index in [4.69, 9.17) is 18.0 Å². The molecule has 1 aromatic heterocycles. The van der Waals surface area contributed by atoms with Gasteiger partial charge in [-0.2, -0.15) is 0 Å². The van der Waals surface area contributed by atoms with Crippen LogP contribution in [0.15, 0.2) is 18.3 Å². The first-order valence-electron chi connectivity index (χ1n) is 4.61. The molecular weight excluding hydrogens is 232 g/mol. The number of hydrogen-bond acceptors (Lipinski definition) is 3. The maximum atomic E-state index is 11.3. The molecule has 0 aliphatic carbocycles. The Morgan fingerprint density at radius 2 is 2.27 bits per heavy atom. The highest BCUT2D eigenvalue weighted by Crippen LogP contribution is 2.03. The van der Waals surface area contributed by atoms with E-state index in [1.807, 2.05) is 0 Å². The average Bonchev–Trinajstić information content (AvgIpc) is 2.63. The van der Waals surface area contributed by atoms with Crippen molar-refractivity contribution in [3.05, 3.63) is 24.0 Å². The highest BCUT2D eigenvalue weighted by molar-refractivity contribution is 7.91. The second-order valence-corrected chi connectivity index (χ2v) is 6.10. The lowest BCUT2D eigenvalue weighted by molar-refractivity contribution is 0.590. The van der Waals surface area contributed by atoms with Crippen molar-refractivity contribution in [2.75, 3.05) is 11.5 Å². The number of hydrogen-bond donors (Lipinski definition) is 1. The molecule has 1 rings (SSSR count). The summed E-state index contributed by atoms with van der Waals surface area (Å²) in [6, 6.07) is 3.58. The predicted molar refractivity (Wildman–Crippen MR) is 64.6 cm³/mol. The Bertz CT molecular complexity index is 448. The molecule has 1 heterocycles. The third-order valence-corrected chi connectivity index (χ3v) is 4.06. The predicted octanol–water partition coefficient (Wildman–Crippen LogP) is 0.557. The third kappa shape index (κ3) is 3.32. The fourth-order valence-corrected chi connectivity index (χ4v) is 2.16. The van der Waals surface area contributed by atoms with Crippen molar-refractivity contribution in [1.82, 2.24) is 4.57 Å². The standard InChI is InChI=1S/C9H14N2O2S2/c1-2-15(12,13)7-6-11-5-3-4-8(11)9(10)14/h3-5H,2,6-7H2,1H3,(H2,10,14). The Morgan fingerprint density at radius 1 is 1.60 bits per heavy atom. The Hall–Kier alpha value is -0.880. The molecule has 4 nitrogen and oxygen atoms in total. The molecule has 0 bridgehead atoms. The van der Waals surface area contributed by atoms with Gasteiger partial charge in [0.05, 0.1) is 11.4 Å². The SMILES string of the molecule is CCS(=O)(=O)CCn1cccc1C(N)=S. The van der Waals surface area contributed by atoms with Gasteiger partial charge in [-0.05, 0) is 12.1 Å². The summed E-state index contributed by atoms with van der Waals surface area (Å²) < 4.78 is 24.4. The number of thiocarbonyl (C=S) groups is 1. The number of sulfone groups is 1. The van der Waals surface area contributed by atoms with Gasteiger partial charge in [0.2, 0.25) is 0 Å². The molecule has 6 heteroatoms. The van der Waals surface area contributed by atoms with Crippen molar-refractivity contribution < 1.29 is 8.42 Å². The molecule has 0 aliphatic rings. The van der Waals surface area contributed by atoms with Crippen LogP contribution in [0.4, 0.5) is 0 Å². The van der Waals surface area contributed by atoms with Crippen LogP contribution in [-0.2, 0) is 16.4 Å². The van der Waals surface area contributed by atoms with E-state index in [0.717, 1.165) is 0 Å². The summed E-state index contributed by atoms with van der Waals surface area (Å²) in [7, 11) is -2.94. The van der Waals surface area contributed by atoms with Gasteiger partial charge in [-0.3, -0.25) is 0 Å². The van der Waals surface area contributed by atoms with Gasteiger partial charge in [0.1, 0.15) is 4.99 Å². The summed E-state index contributed by atoms with van der Waals surface area (Å²) >= 11 is 4.85. The molecule has 0 unspecified atom stereocenters. The summed E-state index contributed by atoms with van der Waals surface area (Å²) in [6.07, 6.45) is 1.78. The van der Waals surface area contributed by atoms with Crippen LogP contribution in [0.2, 0.25) is 0 Å². The van der Waals surface area contributed by atoms with E-state index in [0.29, 0.717) is 12.2 Å². The minimum Gasteiger partial charge on any atom is -0.388 e. The van der Waals surface area contributed by atoms with Crippen LogP contribution in [0.5, 0.6) is 0 Å². The summed E-state index contributed by atoms with van der Waals surface area (Å²) in [5.41, 5.74) is 6.20. The molecular formula is C9H14N2O2S2. The third-order valence-electron chi connectivity index (χ3n) is 2.17. The molecule has 84 valence electrons.